The van der Waals surface area contributed by atoms with E-state index in [1.54, 1.807) is 0 Å². The van der Waals surface area contributed by atoms with E-state index in [-0.39, 0.29) is 11.1 Å². The maximum Gasteiger partial charge on any atom is 0.303 e. The minimum Gasteiger partial charge on any atom is -0.451 e. The molecule has 0 aliphatic rings. The molecule has 0 amide bonds. The molecular weight excluding hydrogens is 223 g/mol. The van der Waals surface area contributed by atoms with Gasteiger partial charge in [0.2, 0.25) is 5.78 Å². The molecule has 0 aliphatic heterocycles. The maximum absolute atomic E-state index is 13.3. The van der Waals surface area contributed by atoms with Crippen LogP contribution in [0, 0.1) is 12.7 Å². The molecule has 1 aromatic carbocycles. The quantitative estimate of drug-likeness (QED) is 0.600. The Bertz CT molecular complexity index is 464. The summed E-state index contributed by atoms with van der Waals surface area (Å²) in [5, 5.41) is 0. The molecule has 0 fully saturated rings. The average molecular weight is 238 g/mol. The first-order chi connectivity index (χ1) is 7.75. The molecule has 0 saturated carbocycles. The molecule has 0 saturated heterocycles. The highest BCUT2D eigenvalue weighted by molar-refractivity contribution is 6.03. The first-order valence-corrected chi connectivity index (χ1v) is 5.25. The van der Waals surface area contributed by atoms with Crippen LogP contribution in [0.15, 0.2) is 18.2 Å². The average Bonchev–Trinajstić information content (AvgIpc) is 2.19. The zero-order valence-electron chi connectivity index (χ0n) is 10.3. The van der Waals surface area contributed by atoms with E-state index in [0.29, 0.717) is 0 Å². The normalized spacial score (nSPS) is 11.1. The first kappa shape index (κ1) is 13.4. The van der Waals surface area contributed by atoms with Crippen molar-refractivity contribution < 1.29 is 18.7 Å². The fourth-order valence-corrected chi connectivity index (χ4v) is 1.58. The van der Waals surface area contributed by atoms with Crippen molar-refractivity contribution in [2.45, 2.75) is 33.3 Å². The summed E-state index contributed by atoms with van der Waals surface area (Å²) < 4.78 is 18.3. The van der Waals surface area contributed by atoms with Gasteiger partial charge < -0.3 is 4.74 Å². The zero-order chi connectivity index (χ0) is 13.2. The second kappa shape index (κ2) is 4.65. The summed E-state index contributed by atoms with van der Waals surface area (Å²) in [4.78, 5) is 23.0. The van der Waals surface area contributed by atoms with Gasteiger partial charge in [-0.15, -0.1) is 0 Å². The van der Waals surface area contributed by atoms with Crippen molar-refractivity contribution in [1.82, 2.24) is 0 Å². The molecule has 0 heterocycles. The Morgan fingerprint density at radius 2 is 1.88 bits per heavy atom. The third-order valence-corrected chi connectivity index (χ3v) is 2.46. The predicted molar refractivity (Wildman–Crippen MR) is 61.3 cm³/mol. The summed E-state index contributed by atoms with van der Waals surface area (Å²) in [6, 6.07) is 4.26. The number of Topliss-reactive ketones (excluding diaryl/α,β-unsaturated/α-hetero) is 1. The molecule has 17 heavy (non-hydrogen) atoms. The number of esters is 1. The number of rotatable bonds is 3. The molecule has 0 N–H and O–H groups in total. The third-order valence-electron chi connectivity index (χ3n) is 2.46. The molecule has 3 nitrogen and oxygen atoms in total. The summed E-state index contributed by atoms with van der Waals surface area (Å²) >= 11 is 0. The molecule has 0 aliphatic carbocycles. The molecule has 1 rings (SSSR count). The number of hydrogen-bond donors (Lipinski definition) is 0. The number of carbonyl (C=O) groups is 2. The Morgan fingerprint density at radius 1 is 1.29 bits per heavy atom. The summed E-state index contributed by atoms with van der Waals surface area (Å²) in [5.74, 6) is -1.41. The Kier molecular flexibility index (Phi) is 3.66. The van der Waals surface area contributed by atoms with E-state index in [4.69, 9.17) is 4.74 Å². The molecule has 1 aromatic rings. The monoisotopic (exact) mass is 238 g/mol. The van der Waals surface area contributed by atoms with Crippen LogP contribution in [-0.4, -0.2) is 17.4 Å². The highest BCUT2D eigenvalue weighted by Gasteiger charge is 2.33. The lowest BCUT2D eigenvalue weighted by atomic mass is 9.93. The van der Waals surface area contributed by atoms with Crippen LogP contribution in [0.25, 0.3) is 0 Å². The van der Waals surface area contributed by atoms with Crippen molar-refractivity contribution in [3.05, 3.63) is 35.1 Å². The molecule has 4 heteroatoms. The van der Waals surface area contributed by atoms with E-state index in [1.807, 2.05) is 0 Å². The molecular formula is C13H15FO3. The highest BCUT2D eigenvalue weighted by atomic mass is 19.1. The van der Waals surface area contributed by atoms with E-state index in [2.05, 4.69) is 0 Å². The van der Waals surface area contributed by atoms with Gasteiger partial charge in [-0.3, -0.25) is 9.59 Å². The van der Waals surface area contributed by atoms with Crippen molar-refractivity contribution in [3.8, 4) is 0 Å². The van der Waals surface area contributed by atoms with E-state index in [9.17, 15) is 14.0 Å². The van der Waals surface area contributed by atoms with E-state index < -0.39 is 23.2 Å². The summed E-state index contributed by atoms with van der Waals surface area (Å²) in [7, 11) is 0. The summed E-state index contributed by atoms with van der Waals surface area (Å²) in [5.41, 5.74) is -0.793. The number of halogens is 1. The predicted octanol–water partition coefficient (Wildman–Crippen LogP) is 2.66. The van der Waals surface area contributed by atoms with Gasteiger partial charge in [0.05, 0.1) is 0 Å². The van der Waals surface area contributed by atoms with Crippen LogP contribution >= 0.6 is 0 Å². The lowest BCUT2D eigenvalue weighted by molar-refractivity contribution is -0.149. The first-order valence-electron chi connectivity index (χ1n) is 5.25. The molecule has 92 valence electrons. The molecule has 0 atom stereocenters. The van der Waals surface area contributed by atoms with Gasteiger partial charge in [-0.1, -0.05) is 12.1 Å². The van der Waals surface area contributed by atoms with Gasteiger partial charge in [0, 0.05) is 12.5 Å². The summed E-state index contributed by atoms with van der Waals surface area (Å²) in [6.07, 6.45) is 0. The molecule has 0 spiro atoms. The zero-order valence-corrected chi connectivity index (χ0v) is 10.3. The lowest BCUT2D eigenvalue weighted by Gasteiger charge is -2.23. The van der Waals surface area contributed by atoms with Gasteiger partial charge in [0.1, 0.15) is 5.82 Å². The van der Waals surface area contributed by atoms with Gasteiger partial charge in [0.25, 0.3) is 0 Å². The maximum atomic E-state index is 13.3. The van der Waals surface area contributed by atoms with Crippen molar-refractivity contribution in [1.29, 1.82) is 0 Å². The number of benzene rings is 1. The molecule has 0 radical (unpaired) electrons. The van der Waals surface area contributed by atoms with E-state index in [0.717, 1.165) is 0 Å². The van der Waals surface area contributed by atoms with Crippen molar-refractivity contribution in [2.75, 3.05) is 0 Å². The number of carbonyl (C=O) groups excluding carboxylic acids is 2. The van der Waals surface area contributed by atoms with Gasteiger partial charge in [-0.2, -0.15) is 0 Å². The Morgan fingerprint density at radius 3 is 2.41 bits per heavy atom. The number of ketones is 1. The minimum absolute atomic E-state index is 0.233. The smallest absolute Gasteiger partial charge is 0.303 e. The largest absolute Gasteiger partial charge is 0.451 e. The number of hydrogen-bond acceptors (Lipinski definition) is 3. The minimum atomic E-state index is -1.29. The van der Waals surface area contributed by atoms with Crippen LogP contribution in [0.5, 0.6) is 0 Å². The SMILES string of the molecule is CC(=O)OC(C)(C)C(=O)c1cccc(F)c1C. The number of ether oxygens (including phenoxy) is 1. The van der Waals surface area contributed by atoms with Crippen LogP contribution in [0.1, 0.15) is 36.7 Å². The molecule has 0 aromatic heterocycles. The Hall–Kier alpha value is -1.71. The summed E-state index contributed by atoms with van der Waals surface area (Å²) in [6.45, 7) is 5.72. The van der Waals surface area contributed by atoms with Crippen molar-refractivity contribution in [3.63, 3.8) is 0 Å². The van der Waals surface area contributed by atoms with Crippen LogP contribution < -0.4 is 0 Å². The van der Waals surface area contributed by atoms with Gasteiger partial charge in [0.15, 0.2) is 5.60 Å². The van der Waals surface area contributed by atoms with Crippen molar-refractivity contribution in [2.24, 2.45) is 0 Å². The van der Waals surface area contributed by atoms with Crippen LogP contribution in [0.4, 0.5) is 4.39 Å². The van der Waals surface area contributed by atoms with Crippen LogP contribution in [0.2, 0.25) is 0 Å². The molecule has 0 bridgehead atoms. The second-order valence-electron chi connectivity index (χ2n) is 4.35. The van der Waals surface area contributed by atoms with Crippen molar-refractivity contribution >= 4 is 11.8 Å². The fourth-order valence-electron chi connectivity index (χ4n) is 1.58. The Balaban J connectivity index is 3.12. The fraction of sp³-hybridized carbons (Fsp3) is 0.385. The Labute approximate surface area is 99.6 Å². The highest BCUT2D eigenvalue weighted by Crippen LogP contribution is 2.21. The van der Waals surface area contributed by atoms with Gasteiger partial charge >= 0.3 is 5.97 Å². The third kappa shape index (κ3) is 2.90. The lowest BCUT2D eigenvalue weighted by Crippen LogP contribution is -2.37. The van der Waals surface area contributed by atoms with Crippen LogP contribution in [0.3, 0.4) is 0 Å². The van der Waals surface area contributed by atoms with Gasteiger partial charge in [-0.05, 0) is 32.4 Å². The second-order valence-corrected chi connectivity index (χ2v) is 4.35. The van der Waals surface area contributed by atoms with Gasteiger partial charge in [-0.25, -0.2) is 4.39 Å². The standard InChI is InChI=1S/C13H15FO3/c1-8-10(6-5-7-11(8)14)12(16)13(3,4)17-9(2)15/h5-7H,1-4H3. The topological polar surface area (TPSA) is 43.4 Å². The van der Waals surface area contributed by atoms with E-state index in [1.165, 1.54) is 45.9 Å². The van der Waals surface area contributed by atoms with Crippen LogP contribution in [-0.2, 0) is 9.53 Å². The molecule has 0 unspecified atom stereocenters. The van der Waals surface area contributed by atoms with E-state index >= 15 is 0 Å².